The number of hydrogen-bond acceptors (Lipinski definition) is 11. The van der Waals surface area contributed by atoms with Crippen LogP contribution in [0.3, 0.4) is 0 Å². The zero-order valence-corrected chi connectivity index (χ0v) is 23.4. The molecule has 0 fully saturated rings. The van der Waals surface area contributed by atoms with Crippen molar-refractivity contribution in [3.8, 4) is 0 Å². The molecule has 0 aromatic heterocycles. The lowest BCUT2D eigenvalue weighted by atomic mass is 10.2. The molecular weight excluding hydrogens is 528 g/mol. The topological polar surface area (TPSA) is 160 Å². The number of carbonyl (C=O) groups excluding carboxylic acids is 4. The van der Waals surface area contributed by atoms with E-state index in [4.69, 9.17) is 9.47 Å². The van der Waals surface area contributed by atoms with Crippen molar-refractivity contribution in [1.82, 2.24) is 21.5 Å². The Morgan fingerprint density at radius 3 is 1.72 bits per heavy atom. The summed E-state index contributed by atoms with van der Waals surface area (Å²) in [7, 11) is 3.23. The number of hydrazone groups is 2. The summed E-state index contributed by atoms with van der Waals surface area (Å²) >= 11 is 1.59. The highest BCUT2D eigenvalue weighted by atomic mass is 33.1. The molecule has 0 spiro atoms. The second-order valence-electron chi connectivity index (χ2n) is 6.94. The molecule has 206 valence electrons. The Bertz CT molecular complexity index is 685. The Balaban J connectivity index is 3.50. The van der Waals surface area contributed by atoms with Gasteiger partial charge < -0.3 is 20.1 Å². The molecular formula is C21H38N6O6S3. The number of alkyl carbamates (subject to hydrolysis) is 2. The van der Waals surface area contributed by atoms with Crippen molar-refractivity contribution >= 4 is 69.8 Å². The molecule has 0 aliphatic carbocycles. The van der Waals surface area contributed by atoms with Crippen molar-refractivity contribution in [1.29, 1.82) is 0 Å². The van der Waals surface area contributed by atoms with Gasteiger partial charge in [-0.15, -0.1) is 0 Å². The molecule has 0 aliphatic rings. The monoisotopic (exact) mass is 566 g/mol. The van der Waals surface area contributed by atoms with E-state index >= 15 is 0 Å². The fourth-order valence-corrected chi connectivity index (χ4v) is 3.75. The van der Waals surface area contributed by atoms with Crippen LogP contribution in [0.2, 0.25) is 0 Å². The van der Waals surface area contributed by atoms with E-state index in [1.54, 1.807) is 33.3 Å². The number of carbonyl (C=O) groups is 4. The van der Waals surface area contributed by atoms with Crippen LogP contribution < -0.4 is 21.5 Å². The molecule has 0 aliphatic heterocycles. The van der Waals surface area contributed by atoms with Gasteiger partial charge >= 0.3 is 12.2 Å². The SMILES string of the molecule is CSCCC(=O)N/N=C/CCNC(=O)OCCCCCOC(=O)NCC/C=N/NC(=O)CCSSC. The molecule has 0 saturated carbocycles. The molecule has 0 bridgehead atoms. The number of nitrogens with one attached hydrogen (secondary N) is 4. The standard InChI is InChI=1S/C21H38N6O6S3/c1-34-16-8-18(28)26-24-12-6-10-22-20(30)32-14-4-3-5-15-33-21(31)23-11-7-13-25-27-19(29)9-17-36-35-2/h12-13H,3-11,14-17H2,1-2H3,(H,22,30)(H,23,31)(H,26,28)(H,27,29)/b24-12+,25-13+. The van der Waals surface area contributed by atoms with Crippen molar-refractivity contribution < 1.29 is 28.7 Å². The van der Waals surface area contributed by atoms with Gasteiger partial charge in [0.15, 0.2) is 0 Å². The maximum atomic E-state index is 11.6. The first-order valence-electron chi connectivity index (χ1n) is 11.6. The van der Waals surface area contributed by atoms with Crippen molar-refractivity contribution in [2.75, 3.05) is 50.3 Å². The van der Waals surface area contributed by atoms with E-state index in [0.717, 1.165) is 17.9 Å². The van der Waals surface area contributed by atoms with Crippen LogP contribution >= 0.6 is 33.3 Å². The van der Waals surface area contributed by atoms with Gasteiger partial charge in [-0.2, -0.15) is 22.0 Å². The molecule has 0 saturated heterocycles. The van der Waals surface area contributed by atoms with Crippen LogP contribution in [0.5, 0.6) is 0 Å². The predicted molar refractivity (Wildman–Crippen MR) is 149 cm³/mol. The second kappa shape index (κ2) is 25.9. The van der Waals surface area contributed by atoms with Crippen LogP contribution in [-0.4, -0.2) is 86.8 Å². The molecule has 0 atom stereocenters. The summed E-state index contributed by atoms with van der Waals surface area (Å²) in [5.74, 6) is 1.20. The lowest BCUT2D eigenvalue weighted by Crippen LogP contribution is -2.26. The van der Waals surface area contributed by atoms with Gasteiger partial charge in [0.25, 0.3) is 0 Å². The summed E-state index contributed by atoms with van der Waals surface area (Å²) in [5, 5.41) is 12.8. The summed E-state index contributed by atoms with van der Waals surface area (Å²) in [6.45, 7) is 1.24. The van der Waals surface area contributed by atoms with E-state index in [-0.39, 0.29) is 25.0 Å². The van der Waals surface area contributed by atoms with Gasteiger partial charge in [-0.3, -0.25) is 9.59 Å². The third-order valence-corrected chi connectivity index (χ3v) is 6.39. The molecule has 4 N–H and O–H groups in total. The first-order chi connectivity index (χ1) is 17.5. The van der Waals surface area contributed by atoms with Crippen LogP contribution in [0, 0.1) is 0 Å². The smallest absolute Gasteiger partial charge is 0.407 e. The highest BCUT2D eigenvalue weighted by Crippen LogP contribution is 2.16. The lowest BCUT2D eigenvalue weighted by Gasteiger charge is -2.07. The summed E-state index contributed by atoms with van der Waals surface area (Å²) in [5.41, 5.74) is 4.85. The molecule has 0 aromatic rings. The summed E-state index contributed by atoms with van der Waals surface area (Å²) in [4.78, 5) is 45.9. The minimum absolute atomic E-state index is 0.139. The largest absolute Gasteiger partial charge is 0.450 e. The zero-order valence-electron chi connectivity index (χ0n) is 20.9. The molecule has 4 amide bonds. The fourth-order valence-electron chi connectivity index (χ4n) is 2.18. The van der Waals surface area contributed by atoms with E-state index in [9.17, 15) is 19.2 Å². The highest BCUT2D eigenvalue weighted by molar-refractivity contribution is 8.76. The normalized spacial score (nSPS) is 10.8. The Labute approximate surface area is 225 Å². The number of ether oxygens (including phenoxy) is 2. The number of hydrogen-bond donors (Lipinski definition) is 4. The Kier molecular flexibility index (Phi) is 24.4. The van der Waals surface area contributed by atoms with Crippen molar-refractivity contribution in [2.24, 2.45) is 10.2 Å². The van der Waals surface area contributed by atoms with Crippen LogP contribution in [0.25, 0.3) is 0 Å². The summed E-state index contributed by atoms with van der Waals surface area (Å²) < 4.78 is 10.1. The maximum Gasteiger partial charge on any atom is 0.407 e. The first kappa shape index (κ1) is 33.9. The van der Waals surface area contributed by atoms with Crippen molar-refractivity contribution in [2.45, 2.75) is 44.9 Å². The summed E-state index contributed by atoms with van der Waals surface area (Å²) in [6, 6.07) is 0. The Morgan fingerprint density at radius 2 is 1.25 bits per heavy atom. The Hall–Kier alpha value is -2.13. The van der Waals surface area contributed by atoms with Gasteiger partial charge in [0.1, 0.15) is 0 Å². The third kappa shape index (κ3) is 25.0. The molecule has 0 rings (SSSR count). The van der Waals surface area contributed by atoms with E-state index in [0.29, 0.717) is 51.6 Å². The lowest BCUT2D eigenvalue weighted by molar-refractivity contribution is -0.121. The van der Waals surface area contributed by atoms with Crippen LogP contribution in [0.15, 0.2) is 10.2 Å². The number of nitrogens with zero attached hydrogens (tertiary/aromatic N) is 2. The third-order valence-electron chi connectivity index (χ3n) is 3.97. The molecule has 0 heterocycles. The second-order valence-corrected chi connectivity index (χ2v) is 10.6. The van der Waals surface area contributed by atoms with E-state index in [1.165, 1.54) is 12.4 Å². The molecule has 12 nitrogen and oxygen atoms in total. The fraction of sp³-hybridized carbons (Fsp3) is 0.714. The highest BCUT2D eigenvalue weighted by Gasteiger charge is 2.03. The quantitative estimate of drug-likeness (QED) is 0.0709. The van der Waals surface area contributed by atoms with Gasteiger partial charge in [0, 0.05) is 62.7 Å². The van der Waals surface area contributed by atoms with Gasteiger partial charge in [0.2, 0.25) is 11.8 Å². The van der Waals surface area contributed by atoms with Crippen molar-refractivity contribution in [3.63, 3.8) is 0 Å². The molecule has 36 heavy (non-hydrogen) atoms. The van der Waals surface area contributed by atoms with E-state index < -0.39 is 12.2 Å². The van der Waals surface area contributed by atoms with Gasteiger partial charge in [-0.05, 0) is 31.8 Å². The average Bonchev–Trinajstić information content (AvgIpc) is 2.86. The van der Waals surface area contributed by atoms with Crippen LogP contribution in [-0.2, 0) is 19.1 Å². The zero-order chi connectivity index (χ0) is 26.7. The predicted octanol–water partition coefficient (Wildman–Crippen LogP) is 2.75. The molecule has 15 heteroatoms. The molecule has 0 aromatic carbocycles. The number of thioether (sulfide) groups is 1. The van der Waals surface area contributed by atoms with Crippen LogP contribution in [0.4, 0.5) is 9.59 Å². The average molecular weight is 567 g/mol. The maximum absolute atomic E-state index is 11.6. The van der Waals surface area contributed by atoms with E-state index in [2.05, 4.69) is 31.7 Å². The molecule has 0 unspecified atom stereocenters. The van der Waals surface area contributed by atoms with Gasteiger partial charge in [-0.25, -0.2) is 20.4 Å². The first-order valence-corrected chi connectivity index (χ1v) is 15.7. The van der Waals surface area contributed by atoms with Crippen LogP contribution in [0.1, 0.15) is 44.9 Å². The Morgan fingerprint density at radius 1 is 0.750 bits per heavy atom. The number of unbranched alkanes of at least 4 members (excludes halogenated alkanes) is 2. The minimum Gasteiger partial charge on any atom is -0.450 e. The number of amides is 4. The number of rotatable bonds is 21. The van der Waals surface area contributed by atoms with Crippen molar-refractivity contribution in [3.05, 3.63) is 0 Å². The van der Waals surface area contributed by atoms with Gasteiger partial charge in [-0.1, -0.05) is 21.6 Å². The van der Waals surface area contributed by atoms with Gasteiger partial charge in [0.05, 0.1) is 13.2 Å². The summed E-state index contributed by atoms with van der Waals surface area (Å²) in [6.07, 6.45) is 9.72. The van der Waals surface area contributed by atoms with E-state index in [1.807, 2.05) is 12.5 Å². The molecule has 0 radical (unpaired) electrons. The minimum atomic E-state index is -0.514.